The van der Waals surface area contributed by atoms with Crippen LogP contribution in [0.25, 0.3) is 10.2 Å². The number of halogens is 3. The Morgan fingerprint density at radius 1 is 1.37 bits per heavy atom. The Hall–Kier alpha value is -0.790. The second-order valence-corrected chi connectivity index (χ2v) is 6.21. The summed E-state index contributed by atoms with van der Waals surface area (Å²) in [4.78, 5) is 4.47. The van der Waals surface area contributed by atoms with Gasteiger partial charge in [0.25, 0.3) is 0 Å². The second-order valence-electron chi connectivity index (χ2n) is 3.99. The number of thioether (sulfide) groups is 1. The van der Waals surface area contributed by atoms with Crippen LogP contribution in [0, 0.1) is 0 Å². The minimum atomic E-state index is -4.15. The monoisotopic (exact) mass is 306 g/mol. The third kappa shape index (κ3) is 4.36. The molecule has 0 radical (unpaired) electrons. The molecule has 1 unspecified atom stereocenters. The van der Waals surface area contributed by atoms with Crippen molar-refractivity contribution in [3.05, 3.63) is 29.3 Å². The van der Waals surface area contributed by atoms with E-state index in [0.717, 1.165) is 15.2 Å². The van der Waals surface area contributed by atoms with E-state index in [2.05, 4.69) is 10.3 Å². The molecule has 0 saturated carbocycles. The molecule has 104 valence electrons. The SMILES string of the molecule is CC(NCCSC(F)(F)F)c1nc2ccccc2s1. The van der Waals surface area contributed by atoms with Gasteiger partial charge >= 0.3 is 5.51 Å². The van der Waals surface area contributed by atoms with Crippen LogP contribution in [0.4, 0.5) is 13.2 Å². The van der Waals surface area contributed by atoms with Crippen molar-refractivity contribution >= 4 is 33.3 Å². The number of para-hydroxylation sites is 1. The molecule has 2 nitrogen and oxygen atoms in total. The number of alkyl halides is 3. The molecule has 19 heavy (non-hydrogen) atoms. The molecule has 0 aliphatic carbocycles. The van der Waals surface area contributed by atoms with E-state index in [-0.39, 0.29) is 23.6 Å². The van der Waals surface area contributed by atoms with Gasteiger partial charge < -0.3 is 5.32 Å². The van der Waals surface area contributed by atoms with Crippen LogP contribution >= 0.6 is 23.1 Å². The third-order valence-electron chi connectivity index (χ3n) is 2.50. The highest BCUT2D eigenvalue weighted by molar-refractivity contribution is 8.00. The Morgan fingerprint density at radius 3 is 2.79 bits per heavy atom. The summed E-state index contributed by atoms with van der Waals surface area (Å²) in [5.41, 5.74) is -3.22. The summed E-state index contributed by atoms with van der Waals surface area (Å²) in [6.45, 7) is 2.22. The van der Waals surface area contributed by atoms with Gasteiger partial charge in [-0.3, -0.25) is 0 Å². The molecule has 0 bridgehead atoms. The zero-order valence-electron chi connectivity index (χ0n) is 10.2. The molecular formula is C12H13F3N2S2. The van der Waals surface area contributed by atoms with Crippen molar-refractivity contribution in [1.29, 1.82) is 0 Å². The fourth-order valence-electron chi connectivity index (χ4n) is 1.60. The standard InChI is InChI=1S/C12H13F3N2S2/c1-8(16-6-7-18-12(13,14)15)11-17-9-4-2-3-5-10(9)19-11/h2-5,8,16H,6-7H2,1H3. The fourth-order valence-corrected chi connectivity index (χ4v) is 3.05. The molecule has 0 aliphatic heterocycles. The smallest absolute Gasteiger partial charge is 0.307 e. The van der Waals surface area contributed by atoms with E-state index in [9.17, 15) is 13.2 Å². The first-order valence-electron chi connectivity index (χ1n) is 5.75. The van der Waals surface area contributed by atoms with Crippen LogP contribution in [-0.4, -0.2) is 22.8 Å². The summed E-state index contributed by atoms with van der Waals surface area (Å²) in [7, 11) is 0. The highest BCUT2D eigenvalue weighted by atomic mass is 32.2. The number of benzene rings is 1. The molecule has 0 saturated heterocycles. The average molecular weight is 306 g/mol. The largest absolute Gasteiger partial charge is 0.441 e. The predicted molar refractivity (Wildman–Crippen MR) is 74.6 cm³/mol. The maximum absolute atomic E-state index is 12.0. The zero-order chi connectivity index (χ0) is 13.9. The van der Waals surface area contributed by atoms with E-state index < -0.39 is 5.51 Å². The van der Waals surface area contributed by atoms with Crippen molar-refractivity contribution in [3.8, 4) is 0 Å². The number of rotatable bonds is 5. The quantitative estimate of drug-likeness (QED) is 0.838. The van der Waals surface area contributed by atoms with Crippen molar-refractivity contribution in [2.75, 3.05) is 12.3 Å². The maximum Gasteiger partial charge on any atom is 0.441 e. The van der Waals surface area contributed by atoms with Crippen molar-refractivity contribution in [2.24, 2.45) is 0 Å². The molecular weight excluding hydrogens is 293 g/mol. The Bertz CT molecular complexity index is 506. The van der Waals surface area contributed by atoms with Gasteiger partial charge in [0, 0.05) is 12.3 Å². The van der Waals surface area contributed by atoms with Gasteiger partial charge in [0.05, 0.1) is 16.3 Å². The normalized spacial score (nSPS) is 13.9. The van der Waals surface area contributed by atoms with Gasteiger partial charge in [-0.1, -0.05) is 12.1 Å². The van der Waals surface area contributed by atoms with Crippen LogP contribution in [0.15, 0.2) is 24.3 Å². The van der Waals surface area contributed by atoms with Crippen LogP contribution in [0.2, 0.25) is 0 Å². The average Bonchev–Trinajstić information content (AvgIpc) is 2.77. The van der Waals surface area contributed by atoms with E-state index in [1.165, 1.54) is 0 Å². The number of nitrogens with zero attached hydrogens (tertiary/aromatic N) is 1. The molecule has 7 heteroatoms. The first kappa shape index (κ1) is 14.6. The number of fused-ring (bicyclic) bond motifs is 1. The summed E-state index contributed by atoms with van der Waals surface area (Å²) >= 11 is 1.56. The lowest BCUT2D eigenvalue weighted by atomic mass is 10.3. The minimum absolute atomic E-state index is 0.00373. The molecule has 0 aliphatic rings. The van der Waals surface area contributed by atoms with Crippen molar-refractivity contribution < 1.29 is 13.2 Å². The van der Waals surface area contributed by atoms with Crippen LogP contribution in [-0.2, 0) is 0 Å². The topological polar surface area (TPSA) is 24.9 Å². The first-order chi connectivity index (χ1) is 8.96. The summed E-state index contributed by atoms with van der Waals surface area (Å²) in [5, 5.41) is 3.96. The first-order valence-corrected chi connectivity index (χ1v) is 7.55. The van der Waals surface area contributed by atoms with Crippen molar-refractivity contribution in [1.82, 2.24) is 10.3 Å². The Kier molecular flexibility index (Phi) is 4.70. The molecule has 1 heterocycles. The lowest BCUT2D eigenvalue weighted by Gasteiger charge is -2.11. The van der Waals surface area contributed by atoms with Gasteiger partial charge in [-0.15, -0.1) is 11.3 Å². The maximum atomic E-state index is 12.0. The number of hydrogen-bond donors (Lipinski definition) is 1. The zero-order valence-corrected chi connectivity index (χ0v) is 11.8. The highest BCUT2D eigenvalue weighted by Gasteiger charge is 2.27. The van der Waals surface area contributed by atoms with Gasteiger partial charge in [-0.25, -0.2) is 4.98 Å². The third-order valence-corrected chi connectivity index (χ3v) is 4.45. The molecule has 2 rings (SSSR count). The van der Waals surface area contributed by atoms with Gasteiger partial charge in [0.1, 0.15) is 5.01 Å². The fraction of sp³-hybridized carbons (Fsp3) is 0.417. The van der Waals surface area contributed by atoms with E-state index >= 15 is 0 Å². The Labute approximate surface area is 117 Å². The van der Waals surface area contributed by atoms with Crippen molar-refractivity contribution in [2.45, 2.75) is 18.5 Å². The molecule has 0 amide bonds. The van der Waals surface area contributed by atoms with E-state index in [4.69, 9.17) is 0 Å². The van der Waals surface area contributed by atoms with E-state index in [0.29, 0.717) is 6.54 Å². The lowest BCUT2D eigenvalue weighted by Crippen LogP contribution is -2.22. The summed E-state index contributed by atoms with van der Waals surface area (Å²) in [5.74, 6) is 0.0126. The summed E-state index contributed by atoms with van der Waals surface area (Å²) < 4.78 is 37.0. The lowest BCUT2D eigenvalue weighted by molar-refractivity contribution is -0.0327. The van der Waals surface area contributed by atoms with Gasteiger partial charge in [-0.2, -0.15) is 13.2 Å². The predicted octanol–water partition coefficient (Wildman–Crippen LogP) is 4.20. The van der Waals surface area contributed by atoms with E-state index in [1.807, 2.05) is 31.2 Å². The Balaban J connectivity index is 1.87. The summed E-state index contributed by atoms with van der Waals surface area (Å²) in [6, 6.07) is 7.75. The molecule has 1 aromatic heterocycles. The number of nitrogens with one attached hydrogen (secondary N) is 1. The van der Waals surface area contributed by atoms with Gasteiger partial charge in [-0.05, 0) is 30.8 Å². The van der Waals surface area contributed by atoms with Crippen molar-refractivity contribution in [3.63, 3.8) is 0 Å². The highest BCUT2D eigenvalue weighted by Crippen LogP contribution is 2.30. The number of thiazole rings is 1. The van der Waals surface area contributed by atoms with Crippen LogP contribution in [0.5, 0.6) is 0 Å². The van der Waals surface area contributed by atoms with Crippen LogP contribution in [0.1, 0.15) is 18.0 Å². The molecule has 1 aromatic carbocycles. The Morgan fingerprint density at radius 2 is 2.11 bits per heavy atom. The molecule has 0 fully saturated rings. The summed E-state index contributed by atoms with van der Waals surface area (Å²) in [6.07, 6.45) is 0. The molecule has 1 atom stereocenters. The minimum Gasteiger partial charge on any atom is -0.307 e. The van der Waals surface area contributed by atoms with E-state index in [1.54, 1.807) is 11.3 Å². The van der Waals surface area contributed by atoms with Gasteiger partial charge in [0.15, 0.2) is 0 Å². The second kappa shape index (κ2) is 6.11. The number of hydrogen-bond acceptors (Lipinski definition) is 4. The molecule has 1 N–H and O–H groups in total. The van der Waals surface area contributed by atoms with Crippen LogP contribution < -0.4 is 5.32 Å². The van der Waals surface area contributed by atoms with Crippen LogP contribution in [0.3, 0.4) is 0 Å². The van der Waals surface area contributed by atoms with Gasteiger partial charge in [0.2, 0.25) is 0 Å². The number of aromatic nitrogens is 1. The molecule has 2 aromatic rings. The molecule has 0 spiro atoms.